The summed E-state index contributed by atoms with van der Waals surface area (Å²) in [6, 6.07) is 4.39. The van der Waals surface area contributed by atoms with Crippen LogP contribution in [0.2, 0.25) is 0 Å². The van der Waals surface area contributed by atoms with Crippen molar-refractivity contribution in [3.8, 4) is 0 Å². The average Bonchev–Trinajstić information content (AvgIpc) is 2.51. The molecule has 1 atom stereocenters. The van der Waals surface area contributed by atoms with E-state index in [1.165, 1.54) is 12.1 Å². The van der Waals surface area contributed by atoms with E-state index in [-0.39, 0.29) is 17.9 Å². The van der Waals surface area contributed by atoms with E-state index in [0.29, 0.717) is 6.54 Å². The van der Waals surface area contributed by atoms with Gasteiger partial charge in [-0.25, -0.2) is 9.18 Å². The molecule has 1 heterocycles. The number of urea groups is 1. The number of benzene rings is 1. The van der Waals surface area contributed by atoms with Gasteiger partial charge in [0.25, 0.3) is 0 Å². The molecule has 0 unspecified atom stereocenters. The smallest absolute Gasteiger partial charge is 0.315 e. The highest BCUT2D eigenvalue weighted by Gasteiger charge is 2.22. The van der Waals surface area contributed by atoms with Gasteiger partial charge in [-0.1, -0.05) is 6.07 Å². The molecule has 0 aliphatic carbocycles. The second-order valence-electron chi connectivity index (χ2n) is 3.41. The van der Waals surface area contributed by atoms with Crippen LogP contribution in [0.1, 0.15) is 17.2 Å². The molecule has 74 valence electrons. The normalized spacial score (nSPS) is 20.4. The summed E-state index contributed by atoms with van der Waals surface area (Å²) in [5.74, 6) is -0.247. The van der Waals surface area contributed by atoms with Crippen molar-refractivity contribution < 1.29 is 9.18 Å². The molecule has 2 N–H and O–H groups in total. The molecule has 0 aromatic heterocycles. The number of carbonyl (C=O) groups excluding carboxylic acids is 1. The molecule has 2 rings (SSSR count). The maximum absolute atomic E-state index is 12.8. The first-order valence-corrected chi connectivity index (χ1v) is 4.47. The van der Waals surface area contributed by atoms with Gasteiger partial charge in [0.15, 0.2) is 0 Å². The quantitative estimate of drug-likeness (QED) is 0.698. The molecule has 14 heavy (non-hydrogen) atoms. The number of nitrogens with one attached hydrogen (secondary N) is 2. The van der Waals surface area contributed by atoms with Crippen LogP contribution in [0.25, 0.3) is 0 Å². The zero-order valence-corrected chi connectivity index (χ0v) is 7.80. The Bertz CT molecular complexity index is 378. The SMILES string of the molecule is Cc1cc(F)ccc1[C@H]1CNC(=O)N1. The molecular weight excluding hydrogens is 183 g/mol. The summed E-state index contributed by atoms with van der Waals surface area (Å²) in [7, 11) is 0. The summed E-state index contributed by atoms with van der Waals surface area (Å²) >= 11 is 0. The molecule has 4 heteroatoms. The first-order valence-electron chi connectivity index (χ1n) is 4.47. The minimum atomic E-state index is -0.247. The summed E-state index contributed by atoms with van der Waals surface area (Å²) in [6.07, 6.45) is 0. The lowest BCUT2D eigenvalue weighted by Crippen LogP contribution is -2.22. The highest BCUT2D eigenvalue weighted by atomic mass is 19.1. The molecule has 0 spiro atoms. The molecule has 1 aliphatic rings. The molecule has 1 aromatic rings. The fourth-order valence-electron chi connectivity index (χ4n) is 1.67. The molecular formula is C10H11FN2O. The number of amides is 2. The number of halogens is 1. The summed E-state index contributed by atoms with van der Waals surface area (Å²) in [4.78, 5) is 10.9. The van der Waals surface area contributed by atoms with Crippen molar-refractivity contribution in [2.75, 3.05) is 6.54 Å². The van der Waals surface area contributed by atoms with Crippen molar-refractivity contribution >= 4 is 6.03 Å². The fourth-order valence-corrected chi connectivity index (χ4v) is 1.67. The molecule has 0 bridgehead atoms. The number of carbonyl (C=O) groups is 1. The molecule has 1 saturated heterocycles. The van der Waals surface area contributed by atoms with E-state index >= 15 is 0 Å². The van der Waals surface area contributed by atoms with Gasteiger partial charge in [-0.2, -0.15) is 0 Å². The average molecular weight is 194 g/mol. The fraction of sp³-hybridized carbons (Fsp3) is 0.300. The predicted octanol–water partition coefficient (Wildman–Crippen LogP) is 1.49. The summed E-state index contributed by atoms with van der Waals surface area (Å²) in [6.45, 7) is 2.40. The first kappa shape index (κ1) is 8.99. The second kappa shape index (κ2) is 3.29. The van der Waals surface area contributed by atoms with Crippen molar-refractivity contribution in [1.29, 1.82) is 0 Å². The van der Waals surface area contributed by atoms with Gasteiger partial charge < -0.3 is 10.6 Å². The standard InChI is InChI=1S/C10H11FN2O/c1-6-4-7(11)2-3-8(6)9-5-12-10(14)13-9/h2-4,9H,5H2,1H3,(H2,12,13,14)/t9-/m1/s1. The number of aryl methyl sites for hydroxylation is 1. The Kier molecular flexibility index (Phi) is 2.11. The van der Waals surface area contributed by atoms with E-state index in [0.717, 1.165) is 11.1 Å². The second-order valence-corrected chi connectivity index (χ2v) is 3.41. The van der Waals surface area contributed by atoms with Crippen molar-refractivity contribution in [2.24, 2.45) is 0 Å². The Morgan fingerprint density at radius 2 is 2.29 bits per heavy atom. The molecule has 3 nitrogen and oxygen atoms in total. The lowest BCUT2D eigenvalue weighted by atomic mass is 10.0. The van der Waals surface area contributed by atoms with E-state index in [4.69, 9.17) is 0 Å². The van der Waals surface area contributed by atoms with Crippen molar-refractivity contribution in [3.63, 3.8) is 0 Å². The van der Waals surface area contributed by atoms with Gasteiger partial charge in [-0.05, 0) is 30.2 Å². The number of rotatable bonds is 1. The molecule has 1 aromatic carbocycles. The van der Waals surface area contributed by atoms with Gasteiger partial charge in [-0.3, -0.25) is 0 Å². The topological polar surface area (TPSA) is 41.1 Å². The molecule has 1 fully saturated rings. The highest BCUT2D eigenvalue weighted by molar-refractivity contribution is 5.77. The lowest BCUT2D eigenvalue weighted by molar-refractivity contribution is 0.247. The molecule has 2 amide bonds. The highest BCUT2D eigenvalue weighted by Crippen LogP contribution is 2.20. The molecule has 0 radical (unpaired) electrons. The van der Waals surface area contributed by atoms with E-state index in [9.17, 15) is 9.18 Å². The summed E-state index contributed by atoms with van der Waals surface area (Å²) < 4.78 is 12.8. The van der Waals surface area contributed by atoms with E-state index in [1.54, 1.807) is 6.07 Å². The maximum Gasteiger partial charge on any atom is 0.315 e. The van der Waals surface area contributed by atoms with Crippen LogP contribution < -0.4 is 10.6 Å². The van der Waals surface area contributed by atoms with Crippen molar-refractivity contribution in [1.82, 2.24) is 10.6 Å². The van der Waals surface area contributed by atoms with Crippen LogP contribution in [0.15, 0.2) is 18.2 Å². The molecule has 1 aliphatic heterocycles. The van der Waals surface area contributed by atoms with Crippen LogP contribution in [0.4, 0.5) is 9.18 Å². The van der Waals surface area contributed by atoms with Crippen molar-refractivity contribution in [3.05, 3.63) is 35.1 Å². The third kappa shape index (κ3) is 1.55. The Labute approximate surface area is 81.3 Å². The van der Waals surface area contributed by atoms with Crippen molar-refractivity contribution in [2.45, 2.75) is 13.0 Å². The summed E-state index contributed by atoms with van der Waals surface area (Å²) in [5, 5.41) is 5.42. The van der Waals surface area contributed by atoms with Gasteiger partial charge in [0.1, 0.15) is 5.82 Å². The van der Waals surface area contributed by atoms with Crippen LogP contribution >= 0.6 is 0 Å². The van der Waals surface area contributed by atoms with Crippen LogP contribution in [-0.2, 0) is 0 Å². The van der Waals surface area contributed by atoms with Gasteiger partial charge >= 0.3 is 6.03 Å². The largest absolute Gasteiger partial charge is 0.336 e. The van der Waals surface area contributed by atoms with Crippen LogP contribution in [0, 0.1) is 12.7 Å². The number of hydrogen-bond acceptors (Lipinski definition) is 1. The van der Waals surface area contributed by atoms with Gasteiger partial charge in [0.2, 0.25) is 0 Å². The lowest BCUT2D eigenvalue weighted by Gasteiger charge is -2.11. The van der Waals surface area contributed by atoms with Gasteiger partial charge in [0, 0.05) is 6.54 Å². The summed E-state index contributed by atoms with van der Waals surface area (Å²) in [5.41, 5.74) is 1.82. The third-order valence-electron chi connectivity index (χ3n) is 2.38. The Hall–Kier alpha value is -1.58. The Morgan fingerprint density at radius 3 is 2.86 bits per heavy atom. The predicted molar refractivity (Wildman–Crippen MR) is 50.4 cm³/mol. The third-order valence-corrected chi connectivity index (χ3v) is 2.38. The minimum absolute atomic E-state index is 0.0388. The Balaban J connectivity index is 2.28. The van der Waals surface area contributed by atoms with Crippen LogP contribution in [0.5, 0.6) is 0 Å². The molecule has 0 saturated carbocycles. The zero-order chi connectivity index (χ0) is 10.1. The monoisotopic (exact) mass is 194 g/mol. The van der Waals surface area contributed by atoms with E-state index in [1.807, 2.05) is 6.92 Å². The number of hydrogen-bond donors (Lipinski definition) is 2. The van der Waals surface area contributed by atoms with Crippen LogP contribution in [0.3, 0.4) is 0 Å². The van der Waals surface area contributed by atoms with E-state index < -0.39 is 0 Å². The minimum Gasteiger partial charge on any atom is -0.336 e. The van der Waals surface area contributed by atoms with Crippen LogP contribution in [-0.4, -0.2) is 12.6 Å². The Morgan fingerprint density at radius 1 is 1.50 bits per heavy atom. The first-order chi connectivity index (χ1) is 6.66. The maximum atomic E-state index is 12.8. The van der Waals surface area contributed by atoms with Gasteiger partial charge in [-0.15, -0.1) is 0 Å². The van der Waals surface area contributed by atoms with Gasteiger partial charge in [0.05, 0.1) is 6.04 Å². The van der Waals surface area contributed by atoms with E-state index in [2.05, 4.69) is 10.6 Å². The zero-order valence-electron chi connectivity index (χ0n) is 7.80.